The topological polar surface area (TPSA) is 40.7 Å². The van der Waals surface area contributed by atoms with E-state index < -0.39 is 0 Å². The number of H-pyrrole nitrogens is 1. The van der Waals surface area contributed by atoms with Crippen molar-refractivity contribution in [2.45, 2.75) is 13.0 Å². The fourth-order valence-corrected chi connectivity index (χ4v) is 2.02. The lowest BCUT2D eigenvalue weighted by Crippen LogP contribution is -2.17. The van der Waals surface area contributed by atoms with E-state index in [2.05, 4.69) is 31.2 Å². The SMILES string of the molecule is Fc1ccc(CNCCc2ncc[nH]2)c(Br)c1. The molecular formula is C12H13BrFN3. The van der Waals surface area contributed by atoms with Crippen LogP contribution >= 0.6 is 15.9 Å². The lowest BCUT2D eigenvalue weighted by molar-refractivity contribution is 0.623. The third kappa shape index (κ3) is 3.64. The van der Waals surface area contributed by atoms with Crippen LogP contribution in [0.2, 0.25) is 0 Å². The second kappa shape index (κ2) is 5.93. The predicted octanol–water partition coefficient (Wildman–Crippen LogP) is 2.64. The second-order valence-electron chi connectivity index (χ2n) is 3.70. The van der Waals surface area contributed by atoms with Crippen LogP contribution in [0, 0.1) is 5.82 Å². The molecule has 3 nitrogen and oxygen atoms in total. The van der Waals surface area contributed by atoms with E-state index in [4.69, 9.17) is 0 Å². The number of rotatable bonds is 5. The normalized spacial score (nSPS) is 10.7. The number of nitrogens with one attached hydrogen (secondary N) is 2. The van der Waals surface area contributed by atoms with E-state index >= 15 is 0 Å². The molecule has 5 heteroatoms. The Morgan fingerprint density at radius 3 is 3.00 bits per heavy atom. The third-order valence-electron chi connectivity index (χ3n) is 2.42. The molecule has 0 unspecified atom stereocenters. The predicted molar refractivity (Wildman–Crippen MR) is 68.1 cm³/mol. The van der Waals surface area contributed by atoms with Crippen LogP contribution in [0.15, 0.2) is 35.1 Å². The van der Waals surface area contributed by atoms with Crippen molar-refractivity contribution >= 4 is 15.9 Å². The van der Waals surface area contributed by atoms with Gasteiger partial charge in [-0.15, -0.1) is 0 Å². The van der Waals surface area contributed by atoms with Crippen molar-refractivity contribution in [2.24, 2.45) is 0 Å². The molecule has 0 amide bonds. The molecule has 0 spiro atoms. The van der Waals surface area contributed by atoms with E-state index in [1.807, 2.05) is 6.20 Å². The number of imidazole rings is 1. The summed E-state index contributed by atoms with van der Waals surface area (Å²) in [7, 11) is 0. The summed E-state index contributed by atoms with van der Waals surface area (Å²) in [6, 6.07) is 4.72. The molecular weight excluding hydrogens is 285 g/mol. The van der Waals surface area contributed by atoms with Crippen LogP contribution in [0.4, 0.5) is 4.39 Å². The minimum absolute atomic E-state index is 0.226. The summed E-state index contributed by atoms with van der Waals surface area (Å²) >= 11 is 3.34. The molecule has 0 saturated carbocycles. The van der Waals surface area contributed by atoms with Gasteiger partial charge in [-0.1, -0.05) is 22.0 Å². The van der Waals surface area contributed by atoms with Gasteiger partial charge in [0, 0.05) is 36.4 Å². The van der Waals surface area contributed by atoms with Crippen molar-refractivity contribution in [3.05, 3.63) is 52.3 Å². The first-order valence-electron chi connectivity index (χ1n) is 5.38. The minimum Gasteiger partial charge on any atom is -0.349 e. The molecule has 1 aromatic carbocycles. The van der Waals surface area contributed by atoms with Crippen LogP contribution < -0.4 is 5.32 Å². The molecule has 90 valence electrons. The standard InChI is InChI=1S/C12H13BrFN3/c13-11-7-10(14)2-1-9(11)8-15-4-3-12-16-5-6-17-12/h1-2,5-7,15H,3-4,8H2,(H,16,17). The fourth-order valence-electron chi connectivity index (χ4n) is 1.53. The van der Waals surface area contributed by atoms with Crippen LogP contribution in [0.25, 0.3) is 0 Å². The van der Waals surface area contributed by atoms with E-state index in [0.29, 0.717) is 6.54 Å². The monoisotopic (exact) mass is 297 g/mol. The van der Waals surface area contributed by atoms with Crippen molar-refractivity contribution in [1.82, 2.24) is 15.3 Å². The first kappa shape index (κ1) is 12.3. The lowest BCUT2D eigenvalue weighted by atomic mass is 10.2. The van der Waals surface area contributed by atoms with Gasteiger partial charge in [-0.3, -0.25) is 0 Å². The first-order chi connectivity index (χ1) is 8.25. The summed E-state index contributed by atoms with van der Waals surface area (Å²) in [5.41, 5.74) is 1.05. The third-order valence-corrected chi connectivity index (χ3v) is 3.16. The van der Waals surface area contributed by atoms with Crippen LogP contribution in [0.5, 0.6) is 0 Å². The van der Waals surface area contributed by atoms with Crippen LogP contribution in [-0.4, -0.2) is 16.5 Å². The van der Waals surface area contributed by atoms with Crippen molar-refractivity contribution in [1.29, 1.82) is 0 Å². The van der Waals surface area contributed by atoms with Crippen molar-refractivity contribution in [3.8, 4) is 0 Å². The highest BCUT2D eigenvalue weighted by Crippen LogP contribution is 2.17. The maximum Gasteiger partial charge on any atom is 0.124 e. The van der Waals surface area contributed by atoms with Crippen molar-refractivity contribution in [2.75, 3.05) is 6.54 Å². The molecule has 2 aromatic rings. The van der Waals surface area contributed by atoms with Gasteiger partial charge >= 0.3 is 0 Å². The molecule has 0 bridgehead atoms. The maximum absolute atomic E-state index is 12.9. The Balaban J connectivity index is 1.78. The highest BCUT2D eigenvalue weighted by molar-refractivity contribution is 9.10. The molecule has 0 aliphatic carbocycles. The Morgan fingerprint density at radius 2 is 2.29 bits per heavy atom. The Hall–Kier alpha value is -1.20. The summed E-state index contributed by atoms with van der Waals surface area (Å²) < 4.78 is 13.7. The van der Waals surface area contributed by atoms with E-state index in [-0.39, 0.29) is 5.82 Å². The summed E-state index contributed by atoms with van der Waals surface area (Å²) in [4.78, 5) is 7.18. The molecule has 1 aromatic heterocycles. The molecule has 2 N–H and O–H groups in total. The number of hydrogen-bond donors (Lipinski definition) is 2. The maximum atomic E-state index is 12.9. The average molecular weight is 298 g/mol. The summed E-state index contributed by atoms with van der Waals surface area (Å²) in [5, 5.41) is 3.29. The Bertz CT molecular complexity index is 471. The molecule has 0 fully saturated rings. The number of benzene rings is 1. The van der Waals surface area contributed by atoms with Crippen LogP contribution in [0.3, 0.4) is 0 Å². The van der Waals surface area contributed by atoms with Crippen LogP contribution in [0.1, 0.15) is 11.4 Å². The average Bonchev–Trinajstić information content (AvgIpc) is 2.79. The van der Waals surface area contributed by atoms with E-state index in [1.54, 1.807) is 12.3 Å². The highest BCUT2D eigenvalue weighted by Gasteiger charge is 2.01. The molecule has 0 aliphatic rings. The van der Waals surface area contributed by atoms with Gasteiger partial charge in [0.25, 0.3) is 0 Å². The number of nitrogens with zero attached hydrogens (tertiary/aromatic N) is 1. The van der Waals surface area contributed by atoms with Crippen LogP contribution in [-0.2, 0) is 13.0 Å². The van der Waals surface area contributed by atoms with E-state index in [1.165, 1.54) is 12.1 Å². The molecule has 0 saturated heterocycles. The lowest BCUT2D eigenvalue weighted by Gasteiger charge is -2.06. The minimum atomic E-state index is -0.226. The van der Waals surface area contributed by atoms with Gasteiger partial charge in [0.15, 0.2) is 0 Å². The summed E-state index contributed by atoms with van der Waals surface area (Å²) in [6.45, 7) is 1.54. The second-order valence-corrected chi connectivity index (χ2v) is 4.55. The summed E-state index contributed by atoms with van der Waals surface area (Å²) in [6.07, 6.45) is 4.41. The molecule has 0 aliphatic heterocycles. The van der Waals surface area contributed by atoms with Gasteiger partial charge < -0.3 is 10.3 Å². The fraction of sp³-hybridized carbons (Fsp3) is 0.250. The smallest absolute Gasteiger partial charge is 0.124 e. The zero-order valence-electron chi connectivity index (χ0n) is 9.21. The molecule has 0 atom stereocenters. The molecule has 17 heavy (non-hydrogen) atoms. The zero-order chi connectivity index (χ0) is 12.1. The van der Waals surface area contributed by atoms with Gasteiger partial charge in [-0.2, -0.15) is 0 Å². The van der Waals surface area contributed by atoms with Crippen molar-refractivity contribution < 1.29 is 4.39 Å². The molecule has 0 radical (unpaired) electrons. The van der Waals surface area contributed by atoms with Crippen molar-refractivity contribution in [3.63, 3.8) is 0 Å². The van der Waals surface area contributed by atoms with Gasteiger partial charge in [0.05, 0.1) is 0 Å². The largest absolute Gasteiger partial charge is 0.349 e. The zero-order valence-corrected chi connectivity index (χ0v) is 10.8. The van der Waals surface area contributed by atoms with Gasteiger partial charge in [0.1, 0.15) is 11.6 Å². The molecule has 2 rings (SSSR count). The van der Waals surface area contributed by atoms with Gasteiger partial charge in [-0.05, 0) is 17.7 Å². The Morgan fingerprint density at radius 1 is 1.41 bits per heavy atom. The van der Waals surface area contributed by atoms with Gasteiger partial charge in [-0.25, -0.2) is 9.37 Å². The summed E-state index contributed by atoms with van der Waals surface area (Å²) in [5.74, 6) is 0.742. The number of hydrogen-bond acceptors (Lipinski definition) is 2. The number of halogens is 2. The highest BCUT2D eigenvalue weighted by atomic mass is 79.9. The van der Waals surface area contributed by atoms with E-state index in [9.17, 15) is 4.39 Å². The number of aromatic nitrogens is 2. The first-order valence-corrected chi connectivity index (χ1v) is 6.18. The van der Waals surface area contributed by atoms with Gasteiger partial charge in [0.2, 0.25) is 0 Å². The quantitative estimate of drug-likeness (QED) is 0.833. The molecule has 1 heterocycles. The van der Waals surface area contributed by atoms with E-state index in [0.717, 1.165) is 28.8 Å². The Labute approximate surface area is 108 Å². The number of aromatic amines is 1. The Kier molecular flexibility index (Phi) is 4.28.